The van der Waals surface area contributed by atoms with E-state index in [1.165, 1.54) is 10.4 Å². The fraction of sp³-hybridized carbons (Fsp3) is 0.529. The van der Waals surface area contributed by atoms with Crippen LogP contribution in [0.3, 0.4) is 0 Å². The lowest BCUT2D eigenvalue weighted by molar-refractivity contribution is -0.197. The molecule has 1 heterocycles. The van der Waals surface area contributed by atoms with Gasteiger partial charge in [0, 0.05) is 19.3 Å². The first-order valence-corrected chi connectivity index (χ1v) is 19.5. The molecule has 0 aliphatic carbocycles. The van der Waals surface area contributed by atoms with E-state index in [4.69, 9.17) is 9.94 Å². The summed E-state index contributed by atoms with van der Waals surface area (Å²) in [7, 11) is -2.04. The molecule has 1 saturated heterocycles. The number of carboxylic acid groups (broad SMARTS) is 1. The number of benzene rings is 2. The molecule has 0 spiro atoms. The number of nitrogens with zero attached hydrogens (tertiary/aromatic N) is 1. The van der Waals surface area contributed by atoms with E-state index in [0.29, 0.717) is 29.0 Å². The van der Waals surface area contributed by atoms with E-state index in [-0.39, 0.29) is 25.7 Å². The Morgan fingerprint density at radius 1 is 0.721 bits per heavy atom. The summed E-state index contributed by atoms with van der Waals surface area (Å²) in [5.74, 6) is -2.15. The van der Waals surface area contributed by atoms with Gasteiger partial charge in [-0.1, -0.05) is 114 Å². The number of carbonyl (C=O) groups is 4. The minimum atomic E-state index is -1.07. The van der Waals surface area contributed by atoms with Crippen LogP contribution < -0.4 is 10.4 Å². The van der Waals surface area contributed by atoms with E-state index in [0.717, 1.165) is 22.2 Å². The van der Waals surface area contributed by atoms with Gasteiger partial charge in [0.1, 0.15) is 0 Å². The van der Waals surface area contributed by atoms with Crippen molar-refractivity contribution in [1.82, 2.24) is 5.06 Å². The van der Waals surface area contributed by atoms with Crippen LogP contribution in [0.4, 0.5) is 0 Å². The summed E-state index contributed by atoms with van der Waals surface area (Å²) in [6.07, 6.45) is 1.78. The molecule has 0 radical (unpaired) electrons. The quantitative estimate of drug-likeness (QED) is 0.235. The number of aryl methyl sites for hydroxylation is 2. The molecule has 1 N–H and O–H groups in total. The number of carboxylic acids is 1. The first-order valence-electron chi connectivity index (χ1n) is 15.7. The van der Waals surface area contributed by atoms with Crippen LogP contribution in [0.15, 0.2) is 48.5 Å². The number of hydrogen-bond acceptors (Lipinski definition) is 5. The summed E-state index contributed by atoms with van der Waals surface area (Å²) in [5, 5.41) is 12.2. The van der Waals surface area contributed by atoms with Crippen molar-refractivity contribution in [2.24, 2.45) is 0 Å². The van der Waals surface area contributed by atoms with Crippen LogP contribution >= 0.6 is 0 Å². The van der Waals surface area contributed by atoms with Crippen LogP contribution in [0, 0.1) is 0 Å². The molecule has 9 heteroatoms. The number of imide groups is 1. The molecule has 0 saturated carbocycles. The van der Waals surface area contributed by atoms with Crippen LogP contribution in [-0.2, 0) is 36.9 Å². The minimum absolute atomic E-state index is 0.116. The molecule has 0 unspecified atom stereocenters. The summed E-state index contributed by atoms with van der Waals surface area (Å²) in [4.78, 5) is 50.4. The van der Waals surface area contributed by atoms with Gasteiger partial charge in [-0.15, -0.1) is 5.06 Å². The van der Waals surface area contributed by atoms with Crippen molar-refractivity contribution in [3.8, 4) is 0 Å². The highest BCUT2D eigenvalue weighted by atomic mass is 28.3. The topological polar surface area (TPSA) is 101 Å². The van der Waals surface area contributed by atoms with Gasteiger partial charge in [-0.3, -0.25) is 14.4 Å². The zero-order valence-electron chi connectivity index (χ0n) is 27.3. The van der Waals surface area contributed by atoms with Gasteiger partial charge in [0.15, 0.2) is 0 Å². The maximum absolute atomic E-state index is 11.9. The Hall–Kier alpha value is -3.05. The Bertz CT molecular complexity index is 1210. The Labute approximate surface area is 261 Å². The molecule has 1 aliphatic rings. The van der Waals surface area contributed by atoms with E-state index in [9.17, 15) is 19.2 Å². The molecule has 2 amide bonds. The highest BCUT2D eigenvalue weighted by Crippen LogP contribution is 2.22. The Balaban J connectivity index is 0.000000317. The monoisotopic (exact) mass is 625 g/mol. The molecule has 236 valence electrons. The molecule has 3 rings (SSSR count). The van der Waals surface area contributed by atoms with Crippen LogP contribution in [0.2, 0.25) is 22.2 Å². The van der Waals surface area contributed by atoms with Crippen molar-refractivity contribution in [3.63, 3.8) is 0 Å². The van der Waals surface area contributed by atoms with E-state index < -0.39 is 41.3 Å². The van der Waals surface area contributed by atoms with Gasteiger partial charge in [0.2, 0.25) is 0 Å². The maximum atomic E-state index is 11.9. The zero-order valence-corrected chi connectivity index (χ0v) is 29.6. The highest BCUT2D eigenvalue weighted by Gasteiger charge is 2.32. The molecule has 2 aromatic carbocycles. The molecule has 0 bridgehead atoms. The van der Waals surface area contributed by atoms with E-state index in [1.807, 2.05) is 18.2 Å². The number of carbonyl (C=O) groups excluding carboxylic acids is 3. The number of rotatable bonds is 13. The molecular formula is C34H51NO6Si2. The van der Waals surface area contributed by atoms with E-state index in [1.54, 1.807) is 0 Å². The molecule has 0 aromatic heterocycles. The number of aliphatic carboxylic acids is 1. The van der Waals surface area contributed by atoms with Crippen LogP contribution in [0.5, 0.6) is 0 Å². The largest absolute Gasteiger partial charge is 0.481 e. The third-order valence-corrected chi connectivity index (χ3v) is 16.0. The second kappa shape index (κ2) is 17.3. The normalized spacial score (nSPS) is 13.5. The van der Waals surface area contributed by atoms with Gasteiger partial charge < -0.3 is 9.94 Å². The molecule has 1 aliphatic heterocycles. The van der Waals surface area contributed by atoms with Crippen molar-refractivity contribution < 1.29 is 29.1 Å². The lowest BCUT2D eigenvalue weighted by Crippen LogP contribution is -2.36. The fourth-order valence-electron chi connectivity index (χ4n) is 6.29. The highest BCUT2D eigenvalue weighted by molar-refractivity contribution is 6.76. The molecule has 0 atom stereocenters. The predicted octanol–water partition coefficient (Wildman–Crippen LogP) is 5.44. The third kappa shape index (κ3) is 11.5. The maximum Gasteiger partial charge on any atom is 0.333 e. The first-order chi connectivity index (χ1) is 20.2. The molecule has 43 heavy (non-hydrogen) atoms. The van der Waals surface area contributed by atoms with Crippen molar-refractivity contribution in [1.29, 1.82) is 0 Å². The Kier molecular flexibility index (Phi) is 14.5. The lowest BCUT2D eigenvalue weighted by Gasteiger charge is -2.24. The van der Waals surface area contributed by atoms with E-state index >= 15 is 0 Å². The van der Waals surface area contributed by atoms with Gasteiger partial charge in [-0.2, -0.15) is 0 Å². The van der Waals surface area contributed by atoms with Crippen molar-refractivity contribution >= 4 is 51.7 Å². The molecule has 2 aromatic rings. The molecule has 1 fully saturated rings. The second-order valence-electron chi connectivity index (χ2n) is 13.0. The van der Waals surface area contributed by atoms with Crippen LogP contribution in [0.1, 0.15) is 92.2 Å². The molecule has 7 nitrogen and oxygen atoms in total. The van der Waals surface area contributed by atoms with Gasteiger partial charge >= 0.3 is 11.9 Å². The standard InChI is InChI=1S/C19H27NO4Si.C15H24O2Si/c1-13(2)25(14(3)4)16-7-5-6-15(12-16)8-11-19(23)24-20-17(21)9-10-18(20)22;1-11(2)18(12(3)4)14-7-5-6-13(10-14)8-9-15(16)17/h5-7,12-14,25H,8-11H2,1-4H3;5-7,10-12,18H,8-9H2,1-4H3,(H,16,17). The number of hydroxylamine groups is 2. The summed E-state index contributed by atoms with van der Waals surface area (Å²) < 4.78 is 0. The summed E-state index contributed by atoms with van der Waals surface area (Å²) in [6.45, 7) is 18.4. The summed E-state index contributed by atoms with van der Waals surface area (Å²) in [6, 6.07) is 17.0. The number of hydrogen-bond donors (Lipinski definition) is 1. The molecular weight excluding hydrogens is 575 g/mol. The first kappa shape index (κ1) is 36.1. The average molecular weight is 626 g/mol. The second-order valence-corrected chi connectivity index (χ2v) is 21.7. The lowest BCUT2D eigenvalue weighted by atomic mass is 10.1. The van der Waals surface area contributed by atoms with Gasteiger partial charge in [-0.25, -0.2) is 4.79 Å². The Morgan fingerprint density at radius 3 is 1.49 bits per heavy atom. The van der Waals surface area contributed by atoms with Crippen molar-refractivity contribution in [2.75, 3.05) is 0 Å². The predicted molar refractivity (Wildman–Crippen MR) is 178 cm³/mol. The average Bonchev–Trinajstić information content (AvgIpc) is 3.23. The minimum Gasteiger partial charge on any atom is -0.481 e. The van der Waals surface area contributed by atoms with Gasteiger partial charge in [0.05, 0.1) is 24.0 Å². The van der Waals surface area contributed by atoms with Gasteiger partial charge in [-0.05, 0) is 46.1 Å². The summed E-state index contributed by atoms with van der Waals surface area (Å²) >= 11 is 0. The van der Waals surface area contributed by atoms with Crippen LogP contribution in [0.25, 0.3) is 0 Å². The SMILES string of the molecule is CC(C)[SiH](c1cccc(CCC(=O)O)c1)C(C)C.CC(C)[SiH](c1cccc(CCC(=O)ON2C(=O)CCC2=O)c1)C(C)C. The Morgan fingerprint density at radius 2 is 1.12 bits per heavy atom. The smallest absolute Gasteiger partial charge is 0.333 e. The zero-order chi connectivity index (χ0) is 32.3. The third-order valence-electron chi connectivity index (χ3n) is 7.99. The van der Waals surface area contributed by atoms with E-state index in [2.05, 4.69) is 85.7 Å². The van der Waals surface area contributed by atoms with Gasteiger partial charge in [0.25, 0.3) is 11.8 Å². The van der Waals surface area contributed by atoms with Crippen molar-refractivity contribution in [2.45, 2.75) is 116 Å². The van der Waals surface area contributed by atoms with Crippen LogP contribution in [-0.4, -0.2) is 51.5 Å². The fourth-order valence-corrected chi connectivity index (χ4v) is 13.9. The summed E-state index contributed by atoms with van der Waals surface area (Å²) in [5.41, 5.74) is 5.07. The number of amides is 2. The van der Waals surface area contributed by atoms with Crippen molar-refractivity contribution in [3.05, 3.63) is 59.7 Å².